The molecule has 1 N–H and O–H groups in total. The van der Waals surface area contributed by atoms with Gasteiger partial charge in [-0.1, -0.05) is 66.1 Å². The average Bonchev–Trinajstić information content (AvgIpc) is 3.19. The second-order valence-corrected chi connectivity index (χ2v) is 7.75. The maximum Gasteiger partial charge on any atom is 0.186 e. The van der Waals surface area contributed by atoms with Crippen LogP contribution in [0, 0.1) is 18.8 Å². The SMILES string of the molecule is Cc1ccc(-c2nc(C#CCCO)n(CCCc3ccccc3)c2-c2ccncc2)cc1. The number of rotatable bonds is 7. The van der Waals surface area contributed by atoms with Gasteiger partial charge in [0.2, 0.25) is 0 Å². The van der Waals surface area contributed by atoms with E-state index in [1.165, 1.54) is 11.1 Å². The maximum absolute atomic E-state index is 9.19. The van der Waals surface area contributed by atoms with Crippen molar-refractivity contribution in [3.05, 3.63) is 96.1 Å². The minimum atomic E-state index is 0.0454. The molecule has 2 aromatic heterocycles. The number of nitrogens with zero attached hydrogens (tertiary/aromatic N) is 3. The van der Waals surface area contributed by atoms with Crippen LogP contribution in [0.3, 0.4) is 0 Å². The highest BCUT2D eigenvalue weighted by atomic mass is 16.2. The third-order valence-corrected chi connectivity index (χ3v) is 5.37. The Morgan fingerprint density at radius 1 is 0.906 bits per heavy atom. The molecule has 4 nitrogen and oxygen atoms in total. The molecule has 2 aromatic carbocycles. The molecule has 0 fully saturated rings. The van der Waals surface area contributed by atoms with E-state index in [9.17, 15) is 5.11 Å². The van der Waals surface area contributed by atoms with Crippen LogP contribution in [0.5, 0.6) is 0 Å². The van der Waals surface area contributed by atoms with Gasteiger partial charge in [-0.05, 0) is 43.4 Å². The molecule has 0 aliphatic carbocycles. The van der Waals surface area contributed by atoms with Crippen LogP contribution in [-0.4, -0.2) is 26.2 Å². The summed E-state index contributed by atoms with van der Waals surface area (Å²) in [4.78, 5) is 9.17. The smallest absolute Gasteiger partial charge is 0.186 e. The number of pyridine rings is 1. The lowest BCUT2D eigenvalue weighted by Crippen LogP contribution is -2.05. The van der Waals surface area contributed by atoms with E-state index >= 15 is 0 Å². The monoisotopic (exact) mass is 421 g/mol. The fourth-order valence-electron chi connectivity index (χ4n) is 3.76. The Balaban J connectivity index is 1.78. The average molecular weight is 422 g/mol. The van der Waals surface area contributed by atoms with Crippen molar-refractivity contribution in [3.63, 3.8) is 0 Å². The van der Waals surface area contributed by atoms with Crippen molar-refractivity contribution >= 4 is 0 Å². The molecule has 160 valence electrons. The molecule has 0 aliphatic rings. The van der Waals surface area contributed by atoms with E-state index in [1.807, 2.05) is 30.6 Å². The summed E-state index contributed by atoms with van der Waals surface area (Å²) in [5.74, 6) is 6.99. The number of aliphatic hydroxyl groups is 1. The predicted octanol–water partition coefficient (Wildman–Crippen LogP) is 5.29. The van der Waals surface area contributed by atoms with Gasteiger partial charge in [0.1, 0.15) is 0 Å². The first-order valence-electron chi connectivity index (χ1n) is 11.0. The second-order valence-electron chi connectivity index (χ2n) is 7.75. The molecule has 4 heteroatoms. The molecule has 0 bridgehead atoms. The number of hydrogen-bond acceptors (Lipinski definition) is 3. The van der Waals surface area contributed by atoms with Crippen molar-refractivity contribution in [1.82, 2.24) is 14.5 Å². The molecule has 0 atom stereocenters. The molecule has 0 amide bonds. The van der Waals surface area contributed by atoms with Crippen LogP contribution in [-0.2, 0) is 13.0 Å². The first kappa shape index (κ1) is 21.5. The summed E-state index contributed by atoms with van der Waals surface area (Å²) in [6.45, 7) is 2.93. The van der Waals surface area contributed by atoms with Crippen molar-refractivity contribution in [1.29, 1.82) is 0 Å². The fourth-order valence-corrected chi connectivity index (χ4v) is 3.76. The summed E-state index contributed by atoms with van der Waals surface area (Å²) >= 11 is 0. The molecule has 0 radical (unpaired) electrons. The highest BCUT2D eigenvalue weighted by molar-refractivity contribution is 5.79. The Bertz CT molecular complexity index is 1200. The number of hydrogen-bond donors (Lipinski definition) is 1. The molecule has 4 rings (SSSR count). The van der Waals surface area contributed by atoms with Crippen molar-refractivity contribution < 1.29 is 5.11 Å². The van der Waals surface area contributed by atoms with Gasteiger partial charge >= 0.3 is 0 Å². The zero-order chi connectivity index (χ0) is 22.2. The van der Waals surface area contributed by atoms with Gasteiger partial charge in [0, 0.05) is 36.5 Å². The number of benzene rings is 2. The largest absolute Gasteiger partial charge is 0.395 e. The first-order chi connectivity index (χ1) is 15.8. The zero-order valence-electron chi connectivity index (χ0n) is 18.3. The van der Waals surface area contributed by atoms with E-state index < -0.39 is 0 Å². The summed E-state index contributed by atoms with van der Waals surface area (Å²) < 4.78 is 2.22. The van der Waals surface area contributed by atoms with E-state index in [1.54, 1.807) is 0 Å². The molecule has 4 aromatic rings. The third-order valence-electron chi connectivity index (χ3n) is 5.37. The van der Waals surface area contributed by atoms with Gasteiger partial charge < -0.3 is 9.67 Å². The highest BCUT2D eigenvalue weighted by Gasteiger charge is 2.19. The van der Waals surface area contributed by atoms with Crippen molar-refractivity contribution in [2.75, 3.05) is 6.61 Å². The highest BCUT2D eigenvalue weighted by Crippen LogP contribution is 2.33. The van der Waals surface area contributed by atoms with Crippen LogP contribution in [0.2, 0.25) is 0 Å². The van der Waals surface area contributed by atoms with Crippen LogP contribution >= 0.6 is 0 Å². The number of aryl methyl sites for hydroxylation is 2. The van der Waals surface area contributed by atoms with Crippen LogP contribution in [0.4, 0.5) is 0 Å². The topological polar surface area (TPSA) is 50.9 Å². The first-order valence-corrected chi connectivity index (χ1v) is 11.0. The van der Waals surface area contributed by atoms with Crippen molar-refractivity contribution in [3.8, 4) is 34.4 Å². The second kappa shape index (κ2) is 10.6. The van der Waals surface area contributed by atoms with Crippen LogP contribution < -0.4 is 0 Å². The Kier molecular flexibility index (Phi) is 7.12. The van der Waals surface area contributed by atoms with Crippen LogP contribution in [0.25, 0.3) is 22.5 Å². The molecule has 0 saturated carbocycles. The predicted molar refractivity (Wildman–Crippen MR) is 129 cm³/mol. The minimum absolute atomic E-state index is 0.0454. The molecule has 0 aliphatic heterocycles. The molecular weight excluding hydrogens is 394 g/mol. The van der Waals surface area contributed by atoms with Gasteiger partial charge in [-0.3, -0.25) is 4.98 Å². The summed E-state index contributed by atoms with van der Waals surface area (Å²) in [6, 6.07) is 23.0. The van der Waals surface area contributed by atoms with Crippen molar-refractivity contribution in [2.45, 2.75) is 32.7 Å². The molecule has 0 saturated heterocycles. The van der Waals surface area contributed by atoms with Crippen molar-refractivity contribution in [2.24, 2.45) is 0 Å². The van der Waals surface area contributed by atoms with Gasteiger partial charge in [-0.15, -0.1) is 0 Å². The fraction of sp³-hybridized carbons (Fsp3) is 0.214. The lowest BCUT2D eigenvalue weighted by atomic mass is 10.0. The minimum Gasteiger partial charge on any atom is -0.395 e. The molecule has 2 heterocycles. The quantitative estimate of drug-likeness (QED) is 0.413. The summed E-state index contributed by atoms with van der Waals surface area (Å²) in [6.07, 6.45) is 6.01. The molecule has 0 unspecified atom stereocenters. The lowest BCUT2D eigenvalue weighted by Gasteiger charge is -2.12. The summed E-state index contributed by atoms with van der Waals surface area (Å²) in [7, 11) is 0. The van der Waals surface area contributed by atoms with Gasteiger partial charge in [0.05, 0.1) is 18.0 Å². The lowest BCUT2D eigenvalue weighted by molar-refractivity contribution is 0.305. The van der Waals surface area contributed by atoms with Gasteiger partial charge in [0.25, 0.3) is 0 Å². The van der Waals surface area contributed by atoms with Crippen LogP contribution in [0.1, 0.15) is 29.8 Å². The molecule has 32 heavy (non-hydrogen) atoms. The van der Waals surface area contributed by atoms with Gasteiger partial charge in [-0.25, -0.2) is 4.98 Å². The number of imidazole rings is 1. The summed E-state index contributed by atoms with van der Waals surface area (Å²) in [5.41, 5.74) is 6.64. The Morgan fingerprint density at radius 3 is 2.38 bits per heavy atom. The normalized spacial score (nSPS) is 10.6. The molecular formula is C28H27N3O. The van der Waals surface area contributed by atoms with Gasteiger partial charge in [0.15, 0.2) is 5.82 Å². The Labute approximate surface area is 189 Å². The number of aromatic nitrogens is 3. The maximum atomic E-state index is 9.19. The molecule has 0 spiro atoms. The Hall–Kier alpha value is -3.68. The van der Waals surface area contributed by atoms with Gasteiger partial charge in [-0.2, -0.15) is 0 Å². The summed E-state index contributed by atoms with van der Waals surface area (Å²) in [5, 5.41) is 9.19. The van der Waals surface area contributed by atoms with E-state index in [0.717, 1.165) is 47.7 Å². The van der Waals surface area contributed by atoms with E-state index in [4.69, 9.17) is 4.98 Å². The van der Waals surface area contributed by atoms with E-state index in [-0.39, 0.29) is 6.61 Å². The number of aliphatic hydroxyl groups excluding tert-OH is 1. The van der Waals surface area contributed by atoms with E-state index in [2.05, 4.69) is 76.8 Å². The Morgan fingerprint density at radius 2 is 1.66 bits per heavy atom. The standard InChI is InChI=1S/C28H27N3O/c1-22-12-14-24(15-13-22)27-28(25-16-18-29-19-17-25)31(26(30-27)11-5-6-21-32)20-7-10-23-8-3-2-4-9-23/h2-4,8-9,12-19,32H,6-7,10,20-21H2,1H3. The third kappa shape index (κ3) is 5.14. The van der Waals surface area contributed by atoms with Crippen LogP contribution in [0.15, 0.2) is 79.1 Å². The van der Waals surface area contributed by atoms with E-state index in [0.29, 0.717) is 6.42 Å². The zero-order valence-corrected chi connectivity index (χ0v) is 18.3.